The summed E-state index contributed by atoms with van der Waals surface area (Å²) in [6, 6.07) is 6.01. The Morgan fingerprint density at radius 1 is 1.36 bits per heavy atom. The van der Waals surface area contributed by atoms with E-state index in [2.05, 4.69) is 29.2 Å². The van der Waals surface area contributed by atoms with Crippen LogP contribution in [0.5, 0.6) is 11.5 Å². The molecule has 1 aliphatic rings. The standard InChI is InChI=1S/C19H31N3O3/c1-14(17-11-16(24-4)8-9-18(17)25-5)20-19(23)13-22-10-6-7-15(12-22)21(2)3/h8-9,11,14-15H,6-7,10,12-13H2,1-5H3,(H,20,23)/t14-,15-/m0/s1. The van der Waals surface area contributed by atoms with Crippen LogP contribution in [0.4, 0.5) is 0 Å². The Labute approximate surface area is 151 Å². The molecule has 1 fully saturated rings. The smallest absolute Gasteiger partial charge is 0.234 e. The van der Waals surface area contributed by atoms with Gasteiger partial charge in [0.2, 0.25) is 5.91 Å². The molecule has 0 aliphatic carbocycles. The topological polar surface area (TPSA) is 54.0 Å². The number of rotatable bonds is 7. The van der Waals surface area contributed by atoms with Crippen LogP contribution in [0.15, 0.2) is 18.2 Å². The number of piperidine rings is 1. The number of nitrogens with zero attached hydrogens (tertiary/aromatic N) is 2. The van der Waals surface area contributed by atoms with Crippen molar-refractivity contribution in [3.8, 4) is 11.5 Å². The van der Waals surface area contributed by atoms with Crippen molar-refractivity contribution >= 4 is 5.91 Å². The minimum absolute atomic E-state index is 0.0387. The van der Waals surface area contributed by atoms with Crippen LogP contribution in [0.1, 0.15) is 31.4 Å². The largest absolute Gasteiger partial charge is 0.497 e. The second-order valence-corrected chi connectivity index (χ2v) is 6.89. The molecule has 0 aromatic heterocycles. The van der Waals surface area contributed by atoms with Gasteiger partial charge in [-0.1, -0.05) is 0 Å². The maximum atomic E-state index is 12.5. The zero-order valence-corrected chi connectivity index (χ0v) is 16.0. The number of ether oxygens (including phenoxy) is 2. The van der Waals surface area contributed by atoms with Gasteiger partial charge >= 0.3 is 0 Å². The predicted octanol–water partition coefficient (Wildman–Crippen LogP) is 1.91. The van der Waals surface area contributed by atoms with Crippen molar-refractivity contribution < 1.29 is 14.3 Å². The van der Waals surface area contributed by atoms with Gasteiger partial charge in [0.1, 0.15) is 11.5 Å². The van der Waals surface area contributed by atoms with E-state index in [1.165, 1.54) is 6.42 Å². The van der Waals surface area contributed by atoms with Gasteiger partial charge in [-0.05, 0) is 58.6 Å². The molecular formula is C19H31N3O3. The molecule has 1 aromatic carbocycles. The van der Waals surface area contributed by atoms with Gasteiger partial charge in [0.15, 0.2) is 0 Å². The summed E-state index contributed by atoms with van der Waals surface area (Å²) in [6.45, 7) is 4.32. The highest BCUT2D eigenvalue weighted by molar-refractivity contribution is 5.78. The first-order chi connectivity index (χ1) is 11.9. The summed E-state index contributed by atoms with van der Waals surface area (Å²) < 4.78 is 10.7. The lowest BCUT2D eigenvalue weighted by atomic mass is 10.0. The number of amides is 1. The van der Waals surface area contributed by atoms with E-state index in [0.29, 0.717) is 12.6 Å². The molecular weight excluding hydrogens is 318 g/mol. The number of carbonyl (C=O) groups excluding carboxylic acids is 1. The van der Waals surface area contributed by atoms with E-state index < -0.39 is 0 Å². The van der Waals surface area contributed by atoms with E-state index in [1.54, 1.807) is 14.2 Å². The van der Waals surface area contributed by atoms with Crippen molar-refractivity contribution in [2.24, 2.45) is 0 Å². The summed E-state index contributed by atoms with van der Waals surface area (Å²) in [4.78, 5) is 17.0. The minimum atomic E-state index is -0.146. The molecule has 0 radical (unpaired) electrons. The van der Waals surface area contributed by atoms with Gasteiger partial charge in [-0.25, -0.2) is 0 Å². The average molecular weight is 349 g/mol. The lowest BCUT2D eigenvalue weighted by Crippen LogP contribution is -2.48. The molecule has 0 unspecified atom stereocenters. The number of methoxy groups -OCH3 is 2. The number of nitrogens with one attached hydrogen (secondary N) is 1. The average Bonchev–Trinajstić information content (AvgIpc) is 2.61. The summed E-state index contributed by atoms with van der Waals surface area (Å²) in [5.41, 5.74) is 0.917. The fourth-order valence-corrected chi connectivity index (χ4v) is 3.34. The van der Waals surface area contributed by atoms with Gasteiger partial charge in [-0.2, -0.15) is 0 Å². The van der Waals surface area contributed by atoms with Crippen molar-refractivity contribution in [1.82, 2.24) is 15.1 Å². The number of hydrogen-bond acceptors (Lipinski definition) is 5. The van der Waals surface area contributed by atoms with Crippen LogP contribution in [0, 0.1) is 0 Å². The third-order valence-corrected chi connectivity index (χ3v) is 4.86. The first-order valence-corrected chi connectivity index (χ1v) is 8.84. The van der Waals surface area contributed by atoms with Crippen molar-refractivity contribution in [2.75, 3.05) is 47.9 Å². The highest BCUT2D eigenvalue weighted by Gasteiger charge is 2.23. The first-order valence-electron chi connectivity index (χ1n) is 8.84. The third-order valence-electron chi connectivity index (χ3n) is 4.86. The van der Waals surface area contributed by atoms with E-state index in [-0.39, 0.29) is 11.9 Å². The van der Waals surface area contributed by atoms with Gasteiger partial charge < -0.3 is 19.7 Å². The molecule has 6 heteroatoms. The van der Waals surface area contributed by atoms with Crippen LogP contribution in [-0.2, 0) is 4.79 Å². The molecule has 0 bridgehead atoms. The lowest BCUT2D eigenvalue weighted by molar-refractivity contribution is -0.123. The zero-order valence-electron chi connectivity index (χ0n) is 16.0. The summed E-state index contributed by atoms with van der Waals surface area (Å²) in [6.07, 6.45) is 2.33. The highest BCUT2D eigenvalue weighted by atomic mass is 16.5. The first kappa shape index (κ1) is 19.5. The summed E-state index contributed by atoms with van der Waals surface area (Å²) in [5, 5.41) is 3.08. The Hall–Kier alpha value is -1.79. The predicted molar refractivity (Wildman–Crippen MR) is 99.3 cm³/mol. The van der Waals surface area contributed by atoms with Gasteiger partial charge in [0, 0.05) is 18.2 Å². The molecule has 25 heavy (non-hydrogen) atoms. The van der Waals surface area contributed by atoms with Crippen LogP contribution >= 0.6 is 0 Å². The Morgan fingerprint density at radius 2 is 2.12 bits per heavy atom. The minimum Gasteiger partial charge on any atom is -0.497 e. The molecule has 1 N–H and O–H groups in total. The molecule has 1 amide bonds. The van der Waals surface area contributed by atoms with Crippen molar-refractivity contribution in [3.63, 3.8) is 0 Å². The maximum Gasteiger partial charge on any atom is 0.234 e. The Morgan fingerprint density at radius 3 is 2.76 bits per heavy atom. The van der Waals surface area contributed by atoms with Gasteiger partial charge in [-0.3, -0.25) is 9.69 Å². The molecule has 1 heterocycles. The molecule has 0 spiro atoms. The van der Waals surface area contributed by atoms with Crippen molar-refractivity contribution in [3.05, 3.63) is 23.8 Å². The number of hydrogen-bond donors (Lipinski definition) is 1. The molecule has 1 aliphatic heterocycles. The third kappa shape index (κ3) is 5.34. The second kappa shape index (κ2) is 9.06. The Kier molecular flexibility index (Phi) is 7.08. The van der Waals surface area contributed by atoms with Gasteiger partial charge in [0.05, 0.1) is 26.8 Å². The number of carbonyl (C=O) groups is 1. The summed E-state index contributed by atoms with van der Waals surface area (Å²) >= 11 is 0. The van der Waals surface area contributed by atoms with Crippen LogP contribution in [0.2, 0.25) is 0 Å². The van der Waals surface area contributed by atoms with Crippen LogP contribution in [-0.4, -0.2) is 69.7 Å². The van der Waals surface area contributed by atoms with Crippen molar-refractivity contribution in [2.45, 2.75) is 31.8 Å². The fourth-order valence-electron chi connectivity index (χ4n) is 3.34. The van der Waals surface area contributed by atoms with Crippen LogP contribution in [0.3, 0.4) is 0 Å². The van der Waals surface area contributed by atoms with E-state index in [0.717, 1.165) is 36.6 Å². The van der Waals surface area contributed by atoms with E-state index >= 15 is 0 Å². The summed E-state index contributed by atoms with van der Waals surface area (Å²) in [5.74, 6) is 1.54. The molecule has 6 nitrogen and oxygen atoms in total. The SMILES string of the molecule is COc1ccc(OC)c([C@H](C)NC(=O)CN2CCC[C@H](N(C)C)C2)c1. The molecule has 2 atom stereocenters. The number of likely N-dealkylation sites (tertiary alicyclic amines) is 1. The lowest BCUT2D eigenvalue weighted by Gasteiger charge is -2.35. The molecule has 2 rings (SSSR count). The molecule has 140 valence electrons. The fraction of sp³-hybridized carbons (Fsp3) is 0.632. The second-order valence-electron chi connectivity index (χ2n) is 6.89. The maximum absolute atomic E-state index is 12.5. The molecule has 1 aromatic rings. The van der Waals surface area contributed by atoms with Crippen molar-refractivity contribution in [1.29, 1.82) is 0 Å². The Balaban J connectivity index is 1.96. The summed E-state index contributed by atoms with van der Waals surface area (Å²) in [7, 11) is 7.47. The van der Waals surface area contributed by atoms with Crippen LogP contribution < -0.4 is 14.8 Å². The van der Waals surface area contributed by atoms with E-state index in [9.17, 15) is 4.79 Å². The number of likely N-dealkylation sites (N-methyl/N-ethyl adjacent to an activating group) is 1. The Bertz CT molecular complexity index is 577. The monoisotopic (exact) mass is 349 g/mol. The molecule has 1 saturated heterocycles. The normalized spacial score (nSPS) is 19.5. The van der Waals surface area contributed by atoms with E-state index in [4.69, 9.17) is 9.47 Å². The van der Waals surface area contributed by atoms with Crippen LogP contribution in [0.25, 0.3) is 0 Å². The van der Waals surface area contributed by atoms with Gasteiger partial charge in [0.25, 0.3) is 0 Å². The van der Waals surface area contributed by atoms with E-state index in [1.807, 2.05) is 25.1 Å². The highest BCUT2D eigenvalue weighted by Crippen LogP contribution is 2.29. The number of benzene rings is 1. The van der Waals surface area contributed by atoms with Gasteiger partial charge in [-0.15, -0.1) is 0 Å². The molecule has 0 saturated carbocycles. The quantitative estimate of drug-likeness (QED) is 0.815. The zero-order chi connectivity index (χ0) is 18.4.